The quantitative estimate of drug-likeness (QED) is 0.665. The van der Waals surface area contributed by atoms with Crippen LogP contribution in [0.25, 0.3) is 0 Å². The first-order valence-electron chi connectivity index (χ1n) is 8.19. The zero-order chi connectivity index (χ0) is 17.4. The largest absolute Gasteiger partial charge is 0.494 e. The molecule has 24 heavy (non-hydrogen) atoms. The molecule has 2 rings (SSSR count). The molecule has 0 saturated carbocycles. The molecule has 1 heterocycles. The highest BCUT2D eigenvalue weighted by Crippen LogP contribution is 2.17. The molecule has 1 aromatic carbocycles. The van der Waals surface area contributed by atoms with Crippen LogP contribution in [0.15, 0.2) is 41.1 Å². The minimum Gasteiger partial charge on any atom is -0.494 e. The number of hydrogen-bond acceptors (Lipinski definition) is 4. The van der Waals surface area contributed by atoms with Gasteiger partial charge in [0.1, 0.15) is 5.75 Å². The summed E-state index contributed by atoms with van der Waals surface area (Å²) in [5.41, 5.74) is 2.62. The Balaban J connectivity index is 1.66. The highest BCUT2D eigenvalue weighted by Gasteiger charge is 2.13. The van der Waals surface area contributed by atoms with E-state index in [4.69, 9.17) is 9.84 Å². The summed E-state index contributed by atoms with van der Waals surface area (Å²) in [5, 5.41) is 13.2. The molecule has 0 aliphatic rings. The van der Waals surface area contributed by atoms with E-state index in [-0.39, 0.29) is 5.92 Å². The van der Waals surface area contributed by atoms with Crippen LogP contribution in [-0.4, -0.2) is 42.7 Å². The maximum Gasteiger partial charge on any atom is 0.307 e. The van der Waals surface area contributed by atoms with Crippen LogP contribution in [0, 0.1) is 5.92 Å². The zero-order valence-electron chi connectivity index (χ0n) is 14.3. The molecule has 0 aliphatic heterocycles. The fourth-order valence-corrected chi connectivity index (χ4v) is 3.16. The summed E-state index contributed by atoms with van der Waals surface area (Å²) in [4.78, 5) is 12.9. The molecule has 0 bridgehead atoms. The Bertz CT molecular complexity index is 610. The third-order valence-corrected chi connectivity index (χ3v) is 4.60. The molecule has 0 saturated heterocycles. The van der Waals surface area contributed by atoms with Crippen LogP contribution in [0.5, 0.6) is 5.75 Å². The first kappa shape index (κ1) is 18.5. The summed E-state index contributed by atoms with van der Waals surface area (Å²) in [5.74, 6) is -0.210. The van der Waals surface area contributed by atoms with Gasteiger partial charge in [-0.3, -0.25) is 4.79 Å². The van der Waals surface area contributed by atoms with Crippen molar-refractivity contribution in [2.75, 3.05) is 26.7 Å². The summed E-state index contributed by atoms with van der Waals surface area (Å²) in [6.45, 7) is 3.75. The molecular weight excluding hydrogens is 322 g/mol. The third kappa shape index (κ3) is 6.34. The lowest BCUT2D eigenvalue weighted by molar-refractivity contribution is -0.141. The van der Waals surface area contributed by atoms with Gasteiger partial charge < -0.3 is 14.7 Å². The second-order valence-electron chi connectivity index (χ2n) is 6.16. The molecule has 0 amide bonds. The van der Waals surface area contributed by atoms with E-state index in [1.54, 1.807) is 18.3 Å². The van der Waals surface area contributed by atoms with Crippen molar-refractivity contribution in [3.8, 4) is 5.75 Å². The summed E-state index contributed by atoms with van der Waals surface area (Å²) in [6, 6.07) is 10.4. The second kappa shape index (κ2) is 9.45. The van der Waals surface area contributed by atoms with Gasteiger partial charge in [-0.05, 0) is 60.0 Å². The lowest BCUT2D eigenvalue weighted by atomic mass is 10.1. The summed E-state index contributed by atoms with van der Waals surface area (Å²) in [6.07, 6.45) is 1.83. The van der Waals surface area contributed by atoms with Crippen LogP contribution >= 0.6 is 11.3 Å². The molecule has 0 fully saturated rings. The van der Waals surface area contributed by atoms with Gasteiger partial charge in [0.05, 0.1) is 12.5 Å². The lowest BCUT2D eigenvalue weighted by Gasteiger charge is -2.18. The second-order valence-corrected chi connectivity index (χ2v) is 6.94. The number of ether oxygens (including phenoxy) is 1. The highest BCUT2D eigenvalue weighted by atomic mass is 32.1. The number of thiophene rings is 1. The van der Waals surface area contributed by atoms with E-state index < -0.39 is 5.97 Å². The summed E-state index contributed by atoms with van der Waals surface area (Å²) < 4.78 is 5.76. The molecule has 0 aliphatic carbocycles. The summed E-state index contributed by atoms with van der Waals surface area (Å²) >= 11 is 1.72. The molecule has 1 aromatic heterocycles. The van der Waals surface area contributed by atoms with Crippen LogP contribution in [0.2, 0.25) is 0 Å². The van der Waals surface area contributed by atoms with Crippen molar-refractivity contribution in [2.45, 2.75) is 19.8 Å². The van der Waals surface area contributed by atoms with E-state index in [0.29, 0.717) is 13.2 Å². The van der Waals surface area contributed by atoms with E-state index in [9.17, 15) is 4.79 Å². The lowest BCUT2D eigenvalue weighted by Crippen LogP contribution is -2.30. The first-order chi connectivity index (χ1) is 11.5. The van der Waals surface area contributed by atoms with E-state index in [1.807, 2.05) is 24.1 Å². The van der Waals surface area contributed by atoms with Gasteiger partial charge in [0, 0.05) is 13.1 Å². The van der Waals surface area contributed by atoms with Crippen molar-refractivity contribution in [1.29, 1.82) is 0 Å². The van der Waals surface area contributed by atoms with Crippen molar-refractivity contribution in [1.82, 2.24) is 4.90 Å². The maximum absolute atomic E-state index is 10.8. The molecule has 0 radical (unpaired) electrons. The fourth-order valence-electron chi connectivity index (χ4n) is 2.49. The maximum atomic E-state index is 10.8. The molecule has 130 valence electrons. The number of hydrogen-bond donors (Lipinski definition) is 1. The predicted molar refractivity (Wildman–Crippen MR) is 98.0 cm³/mol. The normalized spacial score (nSPS) is 12.3. The Hall–Kier alpha value is -1.85. The van der Waals surface area contributed by atoms with Gasteiger partial charge in [0.25, 0.3) is 0 Å². The van der Waals surface area contributed by atoms with Crippen LogP contribution in [-0.2, 0) is 11.2 Å². The average Bonchev–Trinajstić information content (AvgIpc) is 3.06. The van der Waals surface area contributed by atoms with Crippen molar-refractivity contribution in [2.24, 2.45) is 5.92 Å². The van der Waals surface area contributed by atoms with E-state index in [0.717, 1.165) is 25.1 Å². The van der Waals surface area contributed by atoms with Crippen molar-refractivity contribution >= 4 is 17.3 Å². The minimum absolute atomic E-state index is 0.341. The van der Waals surface area contributed by atoms with Crippen LogP contribution in [0.4, 0.5) is 0 Å². The van der Waals surface area contributed by atoms with Gasteiger partial charge in [0.2, 0.25) is 0 Å². The first-order valence-corrected chi connectivity index (χ1v) is 9.13. The van der Waals surface area contributed by atoms with Crippen LogP contribution in [0.3, 0.4) is 0 Å². The van der Waals surface area contributed by atoms with E-state index >= 15 is 0 Å². The molecule has 0 spiro atoms. The minimum atomic E-state index is -0.749. The van der Waals surface area contributed by atoms with Gasteiger partial charge in [-0.1, -0.05) is 19.1 Å². The number of benzene rings is 1. The van der Waals surface area contributed by atoms with Gasteiger partial charge in [-0.2, -0.15) is 11.3 Å². The predicted octanol–water partition coefficient (Wildman–Crippen LogP) is 3.76. The summed E-state index contributed by atoms with van der Waals surface area (Å²) in [7, 11) is 1.94. The molecular formula is C19H25NO3S. The SMILES string of the molecule is CC(CN(C)CCCOc1ccc(Cc2ccsc2)cc1)C(=O)O. The van der Waals surface area contributed by atoms with Crippen molar-refractivity contribution in [3.63, 3.8) is 0 Å². The molecule has 2 aromatic rings. The smallest absolute Gasteiger partial charge is 0.307 e. The molecule has 5 heteroatoms. The van der Waals surface area contributed by atoms with Crippen LogP contribution in [0.1, 0.15) is 24.5 Å². The molecule has 1 atom stereocenters. The average molecular weight is 347 g/mol. The number of carbonyl (C=O) groups is 1. The Morgan fingerprint density at radius 2 is 2.00 bits per heavy atom. The molecule has 4 nitrogen and oxygen atoms in total. The van der Waals surface area contributed by atoms with Crippen molar-refractivity contribution in [3.05, 3.63) is 52.2 Å². The van der Waals surface area contributed by atoms with E-state index in [2.05, 4.69) is 29.0 Å². The Kier molecular flexibility index (Phi) is 7.28. The van der Waals surface area contributed by atoms with Gasteiger partial charge in [-0.25, -0.2) is 0 Å². The standard InChI is InChI=1S/C19H25NO3S/c1-15(19(21)22)13-20(2)9-3-10-23-18-6-4-16(5-7-18)12-17-8-11-24-14-17/h4-8,11,14-15H,3,9-10,12-13H2,1-2H3,(H,21,22). The third-order valence-electron chi connectivity index (χ3n) is 3.87. The highest BCUT2D eigenvalue weighted by molar-refractivity contribution is 7.07. The zero-order valence-corrected chi connectivity index (χ0v) is 15.1. The Morgan fingerprint density at radius 3 is 2.62 bits per heavy atom. The van der Waals surface area contributed by atoms with Crippen molar-refractivity contribution < 1.29 is 14.6 Å². The number of carboxylic acid groups (broad SMARTS) is 1. The number of rotatable bonds is 10. The monoisotopic (exact) mass is 347 g/mol. The fraction of sp³-hybridized carbons (Fsp3) is 0.421. The Labute approximate surface area is 147 Å². The topological polar surface area (TPSA) is 49.8 Å². The molecule has 1 unspecified atom stereocenters. The number of nitrogens with zero attached hydrogens (tertiary/aromatic N) is 1. The number of carboxylic acids is 1. The Morgan fingerprint density at radius 1 is 1.25 bits per heavy atom. The van der Waals surface area contributed by atoms with Crippen LogP contribution < -0.4 is 4.74 Å². The number of aliphatic carboxylic acids is 1. The van der Waals surface area contributed by atoms with Gasteiger partial charge in [0.15, 0.2) is 0 Å². The molecule has 1 N–H and O–H groups in total. The van der Waals surface area contributed by atoms with Gasteiger partial charge >= 0.3 is 5.97 Å². The van der Waals surface area contributed by atoms with E-state index in [1.165, 1.54) is 11.1 Å². The van der Waals surface area contributed by atoms with Gasteiger partial charge in [-0.15, -0.1) is 0 Å².